The van der Waals surface area contributed by atoms with Gasteiger partial charge in [-0.25, -0.2) is 14.3 Å². The van der Waals surface area contributed by atoms with E-state index in [1.54, 1.807) is 42.2 Å². The Morgan fingerprint density at radius 1 is 1.62 bits per heavy atom. The number of fused-ring (bicyclic) bond motifs is 1. The van der Waals surface area contributed by atoms with Crippen LogP contribution in [0, 0.1) is 0 Å². The third-order valence-electron chi connectivity index (χ3n) is 1.99. The Bertz CT molecular complexity index is 531. The van der Waals surface area contributed by atoms with Crippen molar-refractivity contribution in [3.8, 4) is 0 Å². The minimum absolute atomic E-state index is 0.363. The predicted octanol–water partition coefficient (Wildman–Crippen LogP) is 1.31. The van der Waals surface area contributed by atoms with E-state index in [-0.39, 0.29) is 5.97 Å². The molecular weight excluding hydrogens is 206 g/mol. The topological polar surface area (TPSA) is 56.5 Å². The van der Waals surface area contributed by atoms with Crippen molar-refractivity contribution in [3.05, 3.63) is 36.3 Å². The zero-order valence-corrected chi connectivity index (χ0v) is 8.83. The van der Waals surface area contributed by atoms with E-state index in [9.17, 15) is 4.79 Å². The molecule has 0 unspecified atom stereocenters. The summed E-state index contributed by atoms with van der Waals surface area (Å²) >= 11 is 0. The number of hydrogen-bond donors (Lipinski definition) is 0. The monoisotopic (exact) mass is 217 g/mol. The molecule has 0 fully saturated rings. The van der Waals surface area contributed by atoms with Crippen LogP contribution in [0.5, 0.6) is 0 Å². The smallest absolute Gasteiger partial charge is 0.330 e. The molecule has 0 bridgehead atoms. The van der Waals surface area contributed by atoms with Crippen molar-refractivity contribution in [1.82, 2.24) is 14.6 Å². The van der Waals surface area contributed by atoms with Crippen LogP contribution in [0.4, 0.5) is 0 Å². The first-order valence-electron chi connectivity index (χ1n) is 4.94. The maximum Gasteiger partial charge on any atom is 0.330 e. The summed E-state index contributed by atoms with van der Waals surface area (Å²) in [5.41, 5.74) is 1.50. The Hall–Kier alpha value is -2.17. The molecular formula is C11H11N3O2. The van der Waals surface area contributed by atoms with Crippen LogP contribution in [0.25, 0.3) is 11.7 Å². The summed E-state index contributed by atoms with van der Waals surface area (Å²) in [6.45, 7) is 2.14. The molecule has 0 atom stereocenters. The zero-order valence-electron chi connectivity index (χ0n) is 8.83. The molecule has 2 rings (SSSR count). The number of hydrogen-bond acceptors (Lipinski definition) is 4. The number of esters is 1. The largest absolute Gasteiger partial charge is 0.463 e. The molecule has 0 aliphatic heterocycles. The van der Waals surface area contributed by atoms with Gasteiger partial charge in [0.05, 0.1) is 12.8 Å². The Morgan fingerprint density at radius 3 is 3.31 bits per heavy atom. The van der Waals surface area contributed by atoms with Crippen molar-refractivity contribution in [3.63, 3.8) is 0 Å². The van der Waals surface area contributed by atoms with Gasteiger partial charge in [-0.05, 0) is 19.1 Å². The summed E-state index contributed by atoms with van der Waals surface area (Å²) in [6.07, 6.45) is 8.14. The molecule has 2 heterocycles. The molecule has 5 heteroatoms. The summed E-state index contributed by atoms with van der Waals surface area (Å²) in [5, 5.41) is 4.09. The highest BCUT2D eigenvalue weighted by molar-refractivity contribution is 5.88. The Kier molecular flexibility index (Phi) is 2.95. The van der Waals surface area contributed by atoms with Crippen LogP contribution in [0.15, 0.2) is 30.7 Å². The first-order chi connectivity index (χ1) is 7.81. The lowest BCUT2D eigenvalue weighted by atomic mass is 10.3. The molecule has 0 aliphatic rings. The van der Waals surface area contributed by atoms with Crippen LogP contribution in [-0.4, -0.2) is 27.2 Å². The molecule has 5 nitrogen and oxygen atoms in total. The second kappa shape index (κ2) is 4.57. The van der Waals surface area contributed by atoms with E-state index in [0.29, 0.717) is 12.3 Å². The molecule has 0 spiro atoms. The number of nitrogens with zero attached hydrogens (tertiary/aromatic N) is 3. The van der Waals surface area contributed by atoms with Crippen LogP contribution >= 0.6 is 0 Å². The summed E-state index contributed by atoms with van der Waals surface area (Å²) in [4.78, 5) is 15.3. The van der Waals surface area contributed by atoms with Crippen molar-refractivity contribution < 1.29 is 9.53 Å². The summed E-state index contributed by atoms with van der Waals surface area (Å²) < 4.78 is 6.42. The Labute approximate surface area is 92.4 Å². The van der Waals surface area contributed by atoms with Gasteiger partial charge in [-0.2, -0.15) is 5.10 Å². The van der Waals surface area contributed by atoms with Gasteiger partial charge >= 0.3 is 5.97 Å². The van der Waals surface area contributed by atoms with Gasteiger partial charge in [0.1, 0.15) is 0 Å². The average Bonchev–Trinajstić information content (AvgIpc) is 2.70. The minimum atomic E-state index is -0.363. The molecule has 16 heavy (non-hydrogen) atoms. The maximum atomic E-state index is 11.1. The molecule has 0 aromatic carbocycles. The van der Waals surface area contributed by atoms with Gasteiger partial charge in [0, 0.05) is 24.0 Å². The van der Waals surface area contributed by atoms with E-state index in [1.165, 1.54) is 6.08 Å². The molecule has 0 saturated heterocycles. The lowest BCUT2D eigenvalue weighted by Crippen LogP contribution is -1.98. The van der Waals surface area contributed by atoms with Crippen LogP contribution in [-0.2, 0) is 9.53 Å². The van der Waals surface area contributed by atoms with Gasteiger partial charge in [0.15, 0.2) is 5.65 Å². The first kappa shape index (κ1) is 10.4. The van der Waals surface area contributed by atoms with Crippen molar-refractivity contribution in [2.45, 2.75) is 6.92 Å². The molecule has 2 aromatic rings. The normalized spacial score (nSPS) is 11.1. The number of carbonyl (C=O) groups excluding carboxylic acids is 1. The van der Waals surface area contributed by atoms with Crippen LogP contribution in [0.1, 0.15) is 12.5 Å². The number of rotatable bonds is 3. The summed E-state index contributed by atoms with van der Waals surface area (Å²) in [6, 6.07) is 1.79. The van der Waals surface area contributed by atoms with Crippen molar-refractivity contribution in [1.29, 1.82) is 0 Å². The fourth-order valence-electron chi connectivity index (χ4n) is 1.31. The summed E-state index contributed by atoms with van der Waals surface area (Å²) in [7, 11) is 0. The standard InChI is InChI=1S/C11H11N3O2/c1-2-16-10(15)5-4-9-8-13-14-7-3-6-12-11(9)14/h3-8H,2H2,1H3. The van der Waals surface area contributed by atoms with Crippen LogP contribution in [0.3, 0.4) is 0 Å². The van der Waals surface area contributed by atoms with Crippen molar-refractivity contribution >= 4 is 17.7 Å². The number of carbonyl (C=O) groups is 1. The molecule has 0 saturated carbocycles. The Morgan fingerprint density at radius 2 is 2.50 bits per heavy atom. The number of aromatic nitrogens is 3. The second-order valence-electron chi connectivity index (χ2n) is 3.07. The fourth-order valence-corrected chi connectivity index (χ4v) is 1.31. The van der Waals surface area contributed by atoms with Gasteiger partial charge in [0.25, 0.3) is 0 Å². The summed E-state index contributed by atoms with van der Waals surface area (Å²) in [5.74, 6) is -0.363. The Balaban J connectivity index is 2.24. The van der Waals surface area contributed by atoms with Gasteiger partial charge in [-0.15, -0.1) is 0 Å². The van der Waals surface area contributed by atoms with Crippen LogP contribution < -0.4 is 0 Å². The third-order valence-corrected chi connectivity index (χ3v) is 1.99. The minimum Gasteiger partial charge on any atom is -0.463 e. The van der Waals surface area contributed by atoms with Crippen LogP contribution in [0.2, 0.25) is 0 Å². The van der Waals surface area contributed by atoms with E-state index < -0.39 is 0 Å². The van der Waals surface area contributed by atoms with Crippen molar-refractivity contribution in [2.75, 3.05) is 6.61 Å². The van der Waals surface area contributed by atoms with Gasteiger partial charge < -0.3 is 4.74 Å². The SMILES string of the molecule is CCOC(=O)C=Cc1cnn2cccnc12. The molecule has 0 amide bonds. The maximum absolute atomic E-state index is 11.1. The molecule has 0 radical (unpaired) electrons. The lowest BCUT2D eigenvalue weighted by molar-refractivity contribution is -0.137. The third kappa shape index (κ3) is 2.08. The highest BCUT2D eigenvalue weighted by atomic mass is 16.5. The zero-order chi connectivity index (χ0) is 11.4. The van der Waals surface area contributed by atoms with E-state index in [0.717, 1.165) is 5.56 Å². The molecule has 0 aliphatic carbocycles. The van der Waals surface area contributed by atoms with E-state index >= 15 is 0 Å². The molecule has 0 N–H and O–H groups in total. The lowest BCUT2D eigenvalue weighted by Gasteiger charge is -1.94. The van der Waals surface area contributed by atoms with Gasteiger partial charge in [-0.3, -0.25) is 0 Å². The number of ether oxygens (including phenoxy) is 1. The van der Waals surface area contributed by atoms with Crippen molar-refractivity contribution in [2.24, 2.45) is 0 Å². The van der Waals surface area contributed by atoms with E-state index in [4.69, 9.17) is 4.74 Å². The highest BCUT2D eigenvalue weighted by Crippen LogP contribution is 2.08. The molecule has 82 valence electrons. The quantitative estimate of drug-likeness (QED) is 0.574. The highest BCUT2D eigenvalue weighted by Gasteiger charge is 2.01. The average molecular weight is 217 g/mol. The van der Waals surface area contributed by atoms with Gasteiger partial charge in [-0.1, -0.05) is 0 Å². The van der Waals surface area contributed by atoms with E-state index in [1.807, 2.05) is 0 Å². The molecule has 2 aromatic heterocycles. The predicted molar refractivity (Wildman–Crippen MR) is 58.7 cm³/mol. The van der Waals surface area contributed by atoms with Gasteiger partial charge in [0.2, 0.25) is 0 Å². The first-order valence-corrected chi connectivity index (χ1v) is 4.94. The fraction of sp³-hybridized carbons (Fsp3) is 0.182. The van der Waals surface area contributed by atoms with E-state index in [2.05, 4.69) is 10.1 Å². The second-order valence-corrected chi connectivity index (χ2v) is 3.07.